The van der Waals surface area contributed by atoms with Gasteiger partial charge in [-0.3, -0.25) is 4.99 Å². The van der Waals surface area contributed by atoms with Crippen molar-refractivity contribution >= 4 is 46.3 Å². The summed E-state index contributed by atoms with van der Waals surface area (Å²) in [4.78, 5) is 13.5. The zero-order valence-electron chi connectivity index (χ0n) is 14.3. The van der Waals surface area contributed by atoms with Gasteiger partial charge in [-0.25, -0.2) is 4.98 Å². The highest BCUT2D eigenvalue weighted by atomic mass is 127. The fourth-order valence-corrected chi connectivity index (χ4v) is 3.48. The Morgan fingerprint density at radius 3 is 2.62 bits per heavy atom. The van der Waals surface area contributed by atoms with Crippen LogP contribution in [0.3, 0.4) is 0 Å². The Morgan fingerprint density at radius 2 is 2.08 bits per heavy atom. The van der Waals surface area contributed by atoms with E-state index in [0.29, 0.717) is 12.4 Å². The van der Waals surface area contributed by atoms with Gasteiger partial charge in [0.05, 0.1) is 17.2 Å². The van der Waals surface area contributed by atoms with Crippen LogP contribution in [0.2, 0.25) is 0 Å². The maximum absolute atomic E-state index is 5.61. The second-order valence-electron chi connectivity index (χ2n) is 5.58. The molecule has 1 fully saturated rings. The molecule has 8 heteroatoms. The number of aliphatic imine (C=N–C) groups is 1. The molecule has 132 valence electrons. The molecule has 0 bridgehead atoms. The van der Waals surface area contributed by atoms with Crippen LogP contribution in [0.15, 0.2) is 26.9 Å². The Labute approximate surface area is 164 Å². The first-order valence-electron chi connectivity index (χ1n) is 7.84. The molecule has 3 rings (SSSR count). The molecule has 1 N–H and O–H groups in total. The van der Waals surface area contributed by atoms with E-state index in [4.69, 9.17) is 4.42 Å². The third-order valence-corrected chi connectivity index (χ3v) is 5.01. The van der Waals surface area contributed by atoms with Crippen molar-refractivity contribution in [2.75, 3.05) is 38.1 Å². The summed E-state index contributed by atoms with van der Waals surface area (Å²) in [6, 6.07) is 4.29. The van der Waals surface area contributed by atoms with Crippen LogP contribution in [-0.4, -0.2) is 49.1 Å². The van der Waals surface area contributed by atoms with E-state index in [1.165, 1.54) is 5.00 Å². The van der Waals surface area contributed by atoms with E-state index in [2.05, 4.69) is 42.6 Å². The van der Waals surface area contributed by atoms with E-state index in [1.807, 2.05) is 20.9 Å². The SMILES string of the molecule is CN=C(NCc1nc(C)c(C)o1)N1CCN(c2cccs2)CC1.I. The predicted molar refractivity (Wildman–Crippen MR) is 110 cm³/mol. The fourth-order valence-electron chi connectivity index (χ4n) is 2.69. The number of aromatic nitrogens is 1. The van der Waals surface area contributed by atoms with Gasteiger partial charge in [-0.1, -0.05) is 0 Å². The summed E-state index contributed by atoms with van der Waals surface area (Å²) >= 11 is 1.80. The number of anilines is 1. The molecule has 24 heavy (non-hydrogen) atoms. The van der Waals surface area contributed by atoms with Crippen LogP contribution < -0.4 is 10.2 Å². The van der Waals surface area contributed by atoms with Gasteiger partial charge in [0.2, 0.25) is 5.89 Å². The van der Waals surface area contributed by atoms with Crippen LogP contribution in [0.4, 0.5) is 5.00 Å². The van der Waals surface area contributed by atoms with Gasteiger partial charge in [0, 0.05) is 33.2 Å². The highest BCUT2D eigenvalue weighted by molar-refractivity contribution is 14.0. The van der Waals surface area contributed by atoms with Crippen LogP contribution >= 0.6 is 35.3 Å². The Bertz CT molecular complexity index is 643. The van der Waals surface area contributed by atoms with Gasteiger partial charge >= 0.3 is 0 Å². The van der Waals surface area contributed by atoms with Gasteiger partial charge in [-0.05, 0) is 31.4 Å². The Kier molecular flexibility index (Phi) is 6.90. The number of guanidine groups is 1. The number of nitrogens with one attached hydrogen (secondary N) is 1. The third-order valence-electron chi connectivity index (χ3n) is 4.08. The molecule has 3 heterocycles. The van der Waals surface area contributed by atoms with E-state index < -0.39 is 0 Å². The molecular formula is C16H24IN5OS. The summed E-state index contributed by atoms with van der Waals surface area (Å²) in [6.45, 7) is 8.40. The minimum Gasteiger partial charge on any atom is -0.444 e. The Morgan fingerprint density at radius 1 is 1.33 bits per heavy atom. The zero-order chi connectivity index (χ0) is 16.2. The number of hydrogen-bond acceptors (Lipinski definition) is 5. The molecule has 2 aromatic heterocycles. The number of oxazole rings is 1. The zero-order valence-corrected chi connectivity index (χ0v) is 17.4. The molecule has 0 saturated carbocycles. The molecule has 0 aromatic carbocycles. The monoisotopic (exact) mass is 461 g/mol. The minimum atomic E-state index is 0. The van der Waals surface area contributed by atoms with Crippen LogP contribution in [0.25, 0.3) is 0 Å². The van der Waals surface area contributed by atoms with Gasteiger partial charge in [0.1, 0.15) is 5.76 Å². The van der Waals surface area contributed by atoms with E-state index in [-0.39, 0.29) is 24.0 Å². The molecule has 0 unspecified atom stereocenters. The lowest BCUT2D eigenvalue weighted by Gasteiger charge is -2.36. The summed E-state index contributed by atoms with van der Waals surface area (Å²) in [6.07, 6.45) is 0. The van der Waals surface area contributed by atoms with Crippen LogP contribution in [0, 0.1) is 13.8 Å². The van der Waals surface area contributed by atoms with Gasteiger partial charge < -0.3 is 19.5 Å². The molecular weight excluding hydrogens is 437 g/mol. The molecule has 6 nitrogen and oxygen atoms in total. The molecule has 0 atom stereocenters. The summed E-state index contributed by atoms with van der Waals surface area (Å²) in [7, 11) is 1.82. The molecule has 1 aliphatic heterocycles. The fraction of sp³-hybridized carbons (Fsp3) is 0.500. The second-order valence-corrected chi connectivity index (χ2v) is 6.50. The quantitative estimate of drug-likeness (QED) is 0.433. The normalized spacial score (nSPS) is 15.4. The van der Waals surface area contributed by atoms with Crippen molar-refractivity contribution in [2.24, 2.45) is 4.99 Å². The third kappa shape index (κ3) is 4.41. The van der Waals surface area contributed by atoms with E-state index in [0.717, 1.165) is 43.6 Å². The number of halogens is 1. The first kappa shape index (κ1) is 19.0. The second kappa shape index (κ2) is 8.70. The van der Waals surface area contributed by atoms with Gasteiger partial charge in [0.15, 0.2) is 5.96 Å². The van der Waals surface area contributed by atoms with E-state index in [1.54, 1.807) is 11.3 Å². The number of piperazine rings is 1. The largest absolute Gasteiger partial charge is 0.444 e. The molecule has 2 aromatic rings. The maximum Gasteiger partial charge on any atom is 0.214 e. The van der Waals surface area contributed by atoms with Crippen LogP contribution in [0.5, 0.6) is 0 Å². The average Bonchev–Trinajstić information content (AvgIpc) is 3.19. The lowest BCUT2D eigenvalue weighted by atomic mass is 10.3. The van der Waals surface area contributed by atoms with Crippen molar-refractivity contribution in [3.05, 3.63) is 34.9 Å². The molecule has 0 amide bonds. The van der Waals surface area contributed by atoms with Crippen LogP contribution in [-0.2, 0) is 6.54 Å². The topological polar surface area (TPSA) is 56.9 Å². The Balaban J connectivity index is 0.00000208. The van der Waals surface area contributed by atoms with Crippen molar-refractivity contribution in [1.82, 2.24) is 15.2 Å². The smallest absolute Gasteiger partial charge is 0.214 e. The lowest BCUT2D eigenvalue weighted by molar-refractivity contribution is 0.369. The number of nitrogens with zero attached hydrogens (tertiary/aromatic N) is 4. The van der Waals surface area contributed by atoms with Crippen molar-refractivity contribution < 1.29 is 4.42 Å². The van der Waals surface area contributed by atoms with Crippen molar-refractivity contribution in [1.29, 1.82) is 0 Å². The molecule has 1 saturated heterocycles. The summed E-state index contributed by atoms with van der Waals surface area (Å²) in [5, 5.41) is 6.82. The molecule has 0 aliphatic carbocycles. The number of rotatable bonds is 3. The van der Waals surface area contributed by atoms with Crippen molar-refractivity contribution in [3.63, 3.8) is 0 Å². The summed E-state index contributed by atoms with van der Waals surface area (Å²) in [5.74, 6) is 2.49. The number of hydrogen-bond donors (Lipinski definition) is 1. The van der Waals surface area contributed by atoms with Gasteiger partial charge in [-0.2, -0.15) is 0 Å². The lowest BCUT2D eigenvalue weighted by Crippen LogP contribution is -2.52. The first-order chi connectivity index (χ1) is 11.2. The molecule has 0 radical (unpaired) electrons. The molecule has 0 spiro atoms. The van der Waals surface area contributed by atoms with E-state index in [9.17, 15) is 0 Å². The molecule has 1 aliphatic rings. The summed E-state index contributed by atoms with van der Waals surface area (Å²) < 4.78 is 5.61. The number of aryl methyl sites for hydroxylation is 2. The van der Waals surface area contributed by atoms with Gasteiger partial charge in [0.25, 0.3) is 0 Å². The highest BCUT2D eigenvalue weighted by Gasteiger charge is 2.20. The van der Waals surface area contributed by atoms with Crippen LogP contribution in [0.1, 0.15) is 17.3 Å². The summed E-state index contributed by atoms with van der Waals surface area (Å²) in [5.41, 5.74) is 0.946. The predicted octanol–water partition coefficient (Wildman–Crippen LogP) is 2.87. The standard InChI is InChI=1S/C16H23N5OS.HI/c1-12-13(2)22-14(19-12)11-18-16(17-3)21-8-6-20(7-9-21)15-5-4-10-23-15;/h4-5,10H,6-9,11H2,1-3H3,(H,17,18);1H. The van der Waals surface area contributed by atoms with Crippen molar-refractivity contribution in [2.45, 2.75) is 20.4 Å². The first-order valence-corrected chi connectivity index (χ1v) is 8.72. The van der Waals surface area contributed by atoms with Crippen molar-refractivity contribution in [3.8, 4) is 0 Å². The Hall–Kier alpha value is -1.29. The van der Waals surface area contributed by atoms with Gasteiger partial charge in [-0.15, -0.1) is 35.3 Å². The van der Waals surface area contributed by atoms with E-state index >= 15 is 0 Å². The number of thiophene rings is 1. The maximum atomic E-state index is 5.61. The average molecular weight is 461 g/mol. The highest BCUT2D eigenvalue weighted by Crippen LogP contribution is 2.22. The minimum absolute atomic E-state index is 0.